The highest BCUT2D eigenvalue weighted by Gasteiger charge is 2.24. The third kappa shape index (κ3) is 4.93. The third-order valence-electron chi connectivity index (χ3n) is 11.4. The summed E-state index contributed by atoms with van der Waals surface area (Å²) >= 11 is 0. The number of hydrogen-bond donors (Lipinski definition) is 0. The zero-order valence-corrected chi connectivity index (χ0v) is 31.2. The molecule has 58 heavy (non-hydrogen) atoms. The summed E-state index contributed by atoms with van der Waals surface area (Å²) in [7, 11) is 0. The number of nitrogens with zero attached hydrogens (tertiary/aromatic N) is 4. The van der Waals surface area contributed by atoms with E-state index in [1.807, 2.05) is 66.7 Å². The highest BCUT2D eigenvalue weighted by Crippen LogP contribution is 2.46. The zero-order valence-electron chi connectivity index (χ0n) is 31.2. The molecule has 0 N–H and O–H groups in total. The Morgan fingerprint density at radius 2 is 0.914 bits per heavy atom. The lowest BCUT2D eigenvalue weighted by Crippen LogP contribution is -2.01. The average molecular weight is 741 g/mol. The third-order valence-corrected chi connectivity index (χ3v) is 11.4. The Bertz CT molecular complexity index is 3500. The lowest BCUT2D eigenvalue weighted by atomic mass is 9.95. The fourth-order valence-corrected chi connectivity index (χ4v) is 8.85. The Hall–Kier alpha value is -7.89. The van der Waals surface area contributed by atoms with E-state index in [-0.39, 0.29) is 0 Å². The lowest BCUT2D eigenvalue weighted by molar-refractivity contribution is 0.672. The van der Waals surface area contributed by atoms with Crippen LogP contribution in [0, 0.1) is 0 Å². The molecule has 270 valence electrons. The van der Waals surface area contributed by atoms with Crippen molar-refractivity contribution >= 4 is 65.3 Å². The summed E-state index contributed by atoms with van der Waals surface area (Å²) in [6.07, 6.45) is 0. The average Bonchev–Trinajstić information content (AvgIpc) is 3.86. The monoisotopic (exact) mass is 740 g/mol. The van der Waals surface area contributed by atoms with Crippen molar-refractivity contribution in [2.24, 2.45) is 0 Å². The summed E-state index contributed by atoms with van der Waals surface area (Å²) in [6, 6.07) is 67.9. The fourth-order valence-electron chi connectivity index (χ4n) is 8.85. The van der Waals surface area contributed by atoms with Crippen molar-refractivity contribution in [3.63, 3.8) is 0 Å². The molecule has 0 unspecified atom stereocenters. The molecule has 0 aliphatic rings. The zero-order chi connectivity index (χ0) is 38.2. The van der Waals surface area contributed by atoms with Crippen LogP contribution in [0.1, 0.15) is 0 Å². The summed E-state index contributed by atoms with van der Waals surface area (Å²) in [5, 5.41) is 8.87. The standard InChI is InChI=1S/C53H32N4O/c1-4-17-33(18-5-1)42-31-44-37-24-12-14-29-45(37)57(49(44)38-25-11-10-23-36(38)42)46-32-43-39(50-48(46)41-26-13-15-30-47(41)58-50)27-16-28-40(43)53-55-51(34-19-6-2-7-20-34)54-52(56-53)35-21-8-3-9-22-35/h1-32H. The van der Waals surface area contributed by atoms with Gasteiger partial charge >= 0.3 is 0 Å². The van der Waals surface area contributed by atoms with Crippen LogP contribution in [0.4, 0.5) is 0 Å². The Kier molecular flexibility index (Phi) is 7.16. The van der Waals surface area contributed by atoms with Crippen molar-refractivity contribution in [3.8, 4) is 51.0 Å². The van der Waals surface area contributed by atoms with Crippen LogP contribution in [0.15, 0.2) is 199 Å². The van der Waals surface area contributed by atoms with Gasteiger partial charge in [-0.2, -0.15) is 0 Å². The number of para-hydroxylation sites is 2. The molecule has 3 heterocycles. The van der Waals surface area contributed by atoms with E-state index >= 15 is 0 Å². The normalized spacial score (nSPS) is 11.8. The molecule has 0 saturated heterocycles. The van der Waals surface area contributed by atoms with Gasteiger partial charge in [0.1, 0.15) is 11.2 Å². The van der Waals surface area contributed by atoms with Crippen LogP contribution in [0.2, 0.25) is 0 Å². The SMILES string of the molecule is c1ccc(-c2nc(-c3ccccc3)nc(-c3cccc4c3cc(-n3c5ccccc5c5cc(-c6ccccc6)c6ccccc6c53)c3c5ccccc5oc43)n2)cc1. The van der Waals surface area contributed by atoms with Crippen LogP contribution >= 0.6 is 0 Å². The summed E-state index contributed by atoms with van der Waals surface area (Å²) in [6.45, 7) is 0. The maximum Gasteiger partial charge on any atom is 0.164 e. The van der Waals surface area contributed by atoms with Gasteiger partial charge in [-0.1, -0.05) is 170 Å². The molecule has 5 nitrogen and oxygen atoms in total. The van der Waals surface area contributed by atoms with Gasteiger partial charge in [-0.3, -0.25) is 0 Å². The minimum absolute atomic E-state index is 0.597. The molecule has 9 aromatic carbocycles. The molecule has 3 aromatic heterocycles. The topological polar surface area (TPSA) is 56.7 Å². The number of fused-ring (bicyclic) bond motifs is 10. The van der Waals surface area contributed by atoms with E-state index in [1.54, 1.807) is 0 Å². The number of benzene rings is 9. The first-order valence-electron chi connectivity index (χ1n) is 19.5. The first-order chi connectivity index (χ1) is 28.8. The largest absolute Gasteiger partial charge is 0.455 e. The molecule has 12 aromatic rings. The van der Waals surface area contributed by atoms with Crippen LogP contribution in [-0.2, 0) is 0 Å². The second-order valence-corrected chi connectivity index (χ2v) is 14.7. The second-order valence-electron chi connectivity index (χ2n) is 14.7. The summed E-state index contributed by atoms with van der Waals surface area (Å²) in [5.74, 6) is 1.84. The van der Waals surface area contributed by atoms with Gasteiger partial charge < -0.3 is 8.98 Å². The van der Waals surface area contributed by atoms with Gasteiger partial charge in [-0.15, -0.1) is 0 Å². The molecule has 5 heteroatoms. The molecular weight excluding hydrogens is 709 g/mol. The van der Waals surface area contributed by atoms with Crippen molar-refractivity contribution in [2.75, 3.05) is 0 Å². The number of rotatable bonds is 5. The maximum absolute atomic E-state index is 6.90. The first kappa shape index (κ1) is 32.4. The molecule has 0 atom stereocenters. The van der Waals surface area contributed by atoms with E-state index in [2.05, 4.69) is 132 Å². The summed E-state index contributed by atoms with van der Waals surface area (Å²) in [4.78, 5) is 15.4. The van der Waals surface area contributed by atoms with E-state index in [1.165, 1.54) is 32.7 Å². The fraction of sp³-hybridized carbons (Fsp3) is 0. The Morgan fingerprint density at radius 1 is 0.362 bits per heavy atom. The van der Waals surface area contributed by atoms with Gasteiger partial charge in [0.05, 0.1) is 22.1 Å². The van der Waals surface area contributed by atoms with Crippen molar-refractivity contribution in [1.29, 1.82) is 0 Å². The molecule has 0 amide bonds. The van der Waals surface area contributed by atoms with E-state index in [9.17, 15) is 0 Å². The molecule has 0 spiro atoms. The van der Waals surface area contributed by atoms with E-state index in [0.29, 0.717) is 17.5 Å². The highest BCUT2D eigenvalue weighted by atomic mass is 16.3. The minimum atomic E-state index is 0.597. The molecular formula is C53H32N4O. The van der Waals surface area contributed by atoms with Crippen molar-refractivity contribution < 1.29 is 4.42 Å². The Balaban J connectivity index is 1.23. The second kappa shape index (κ2) is 12.8. The molecule has 12 rings (SSSR count). The lowest BCUT2D eigenvalue weighted by Gasteiger charge is -2.16. The highest BCUT2D eigenvalue weighted by molar-refractivity contribution is 6.25. The smallest absolute Gasteiger partial charge is 0.164 e. The van der Waals surface area contributed by atoms with Gasteiger partial charge in [0, 0.05) is 43.6 Å². The van der Waals surface area contributed by atoms with Crippen molar-refractivity contribution in [2.45, 2.75) is 0 Å². The van der Waals surface area contributed by atoms with E-state index < -0.39 is 0 Å². The quantitative estimate of drug-likeness (QED) is 0.176. The van der Waals surface area contributed by atoms with Gasteiger partial charge in [0.25, 0.3) is 0 Å². The molecule has 0 saturated carbocycles. The molecule has 0 fully saturated rings. The first-order valence-corrected chi connectivity index (χ1v) is 19.5. The van der Waals surface area contributed by atoms with Crippen molar-refractivity contribution in [1.82, 2.24) is 19.5 Å². The Morgan fingerprint density at radius 3 is 1.62 bits per heavy atom. The molecule has 0 aliphatic carbocycles. The van der Waals surface area contributed by atoms with Gasteiger partial charge in [-0.05, 0) is 46.2 Å². The summed E-state index contributed by atoms with van der Waals surface area (Å²) in [5.41, 5.74) is 10.1. The molecule has 0 aliphatic heterocycles. The predicted molar refractivity (Wildman–Crippen MR) is 238 cm³/mol. The molecule has 0 radical (unpaired) electrons. The predicted octanol–water partition coefficient (Wildman–Crippen LogP) is 13.8. The van der Waals surface area contributed by atoms with Crippen LogP contribution in [-0.4, -0.2) is 19.5 Å². The minimum Gasteiger partial charge on any atom is -0.455 e. The molecule has 0 bridgehead atoms. The van der Waals surface area contributed by atoms with Crippen LogP contribution in [0.25, 0.3) is 116 Å². The van der Waals surface area contributed by atoms with Crippen molar-refractivity contribution in [3.05, 3.63) is 194 Å². The van der Waals surface area contributed by atoms with Crippen LogP contribution < -0.4 is 0 Å². The number of aromatic nitrogens is 4. The number of hydrogen-bond acceptors (Lipinski definition) is 4. The van der Waals surface area contributed by atoms with Gasteiger partial charge in [0.15, 0.2) is 17.5 Å². The van der Waals surface area contributed by atoms with E-state index in [4.69, 9.17) is 19.4 Å². The van der Waals surface area contributed by atoms with Crippen LogP contribution in [0.3, 0.4) is 0 Å². The maximum atomic E-state index is 6.90. The summed E-state index contributed by atoms with van der Waals surface area (Å²) < 4.78 is 9.36. The van der Waals surface area contributed by atoms with E-state index in [0.717, 1.165) is 66.1 Å². The Labute approximate surface area is 333 Å². The van der Waals surface area contributed by atoms with Crippen LogP contribution in [0.5, 0.6) is 0 Å². The number of furan rings is 1. The van der Waals surface area contributed by atoms with Gasteiger partial charge in [0.2, 0.25) is 0 Å². The van der Waals surface area contributed by atoms with Gasteiger partial charge in [-0.25, -0.2) is 15.0 Å².